The van der Waals surface area contributed by atoms with Gasteiger partial charge >= 0.3 is 51.4 Å². The summed E-state index contributed by atoms with van der Waals surface area (Å²) in [5, 5.41) is 0.742. The first-order valence-electron chi connectivity index (χ1n) is 4.92. The summed E-state index contributed by atoms with van der Waals surface area (Å²) in [6.07, 6.45) is 0. The van der Waals surface area contributed by atoms with Crippen molar-refractivity contribution < 1.29 is 64.4 Å². The van der Waals surface area contributed by atoms with Crippen molar-refractivity contribution in [2.45, 2.75) is 12.2 Å². The molecule has 1 atom stereocenters. The Hall–Kier alpha value is 0.246. The van der Waals surface area contributed by atoms with E-state index in [1.54, 1.807) is 12.1 Å². The molecule has 0 fully saturated rings. The zero-order valence-electron chi connectivity index (χ0n) is 9.75. The molecule has 0 aliphatic rings. The van der Waals surface area contributed by atoms with Crippen LogP contribution in [-0.2, 0) is 10.1 Å². The van der Waals surface area contributed by atoms with Crippen molar-refractivity contribution in [1.29, 1.82) is 0 Å². The topological polar surface area (TPSA) is 57.2 Å². The van der Waals surface area contributed by atoms with Gasteiger partial charge in [-0.1, -0.05) is 42.5 Å². The molecule has 2 aromatic rings. The molecule has 84 valence electrons. The molecule has 0 saturated heterocycles. The van der Waals surface area contributed by atoms with E-state index in [0.717, 1.165) is 10.8 Å². The molecule has 5 heteroatoms. The van der Waals surface area contributed by atoms with Crippen molar-refractivity contribution in [2.24, 2.45) is 0 Å². The second-order valence-corrected chi connectivity index (χ2v) is 5.40. The minimum Gasteiger partial charge on any atom is -0.747 e. The van der Waals surface area contributed by atoms with Gasteiger partial charge in [-0.25, -0.2) is 8.42 Å². The van der Waals surface area contributed by atoms with E-state index < -0.39 is 15.4 Å². The number of rotatable bonds is 2. The van der Waals surface area contributed by atoms with E-state index in [1.165, 1.54) is 6.92 Å². The zero-order valence-corrected chi connectivity index (χ0v) is 13.7. The van der Waals surface area contributed by atoms with Crippen molar-refractivity contribution in [2.75, 3.05) is 0 Å². The molecule has 0 radical (unpaired) electrons. The first-order valence-corrected chi connectivity index (χ1v) is 6.39. The van der Waals surface area contributed by atoms with E-state index in [2.05, 4.69) is 0 Å². The van der Waals surface area contributed by atoms with Crippen molar-refractivity contribution in [3.05, 3.63) is 48.0 Å². The van der Waals surface area contributed by atoms with E-state index in [9.17, 15) is 13.0 Å². The van der Waals surface area contributed by atoms with E-state index >= 15 is 0 Å². The summed E-state index contributed by atoms with van der Waals surface area (Å²) in [6, 6.07) is 12.8. The SMILES string of the molecule is C[C@H](c1cccc2ccccc12)S(=O)(=O)[O-].[K+]. The zero-order chi connectivity index (χ0) is 11.8. The summed E-state index contributed by atoms with van der Waals surface area (Å²) in [7, 11) is -4.30. The van der Waals surface area contributed by atoms with Crippen molar-refractivity contribution in [3.63, 3.8) is 0 Å². The van der Waals surface area contributed by atoms with Crippen molar-refractivity contribution in [3.8, 4) is 0 Å². The van der Waals surface area contributed by atoms with Crippen molar-refractivity contribution >= 4 is 20.9 Å². The minimum absolute atomic E-state index is 0. The molecule has 0 aliphatic carbocycles. The van der Waals surface area contributed by atoms with Crippen LogP contribution in [0.4, 0.5) is 0 Å². The van der Waals surface area contributed by atoms with Crippen LogP contribution in [0.25, 0.3) is 10.8 Å². The fraction of sp³-hybridized carbons (Fsp3) is 0.167. The quantitative estimate of drug-likeness (QED) is 0.545. The smallest absolute Gasteiger partial charge is 0.747 e. The normalized spacial score (nSPS) is 13.1. The summed E-state index contributed by atoms with van der Waals surface area (Å²) in [5.41, 5.74) is 0.563. The Morgan fingerprint density at radius 2 is 1.65 bits per heavy atom. The maximum absolute atomic E-state index is 11.0. The standard InChI is InChI=1S/C12H12O3S.K/c1-9(16(13,14)15)11-8-4-6-10-5-2-3-7-12(10)11;/h2-9H,1H3,(H,13,14,15);/q;+1/p-1/t9-;/m1./s1. The van der Waals surface area contributed by atoms with Gasteiger partial charge in [0.2, 0.25) is 0 Å². The molecule has 3 nitrogen and oxygen atoms in total. The summed E-state index contributed by atoms with van der Waals surface area (Å²) in [6.45, 7) is 1.42. The second-order valence-electron chi connectivity index (χ2n) is 3.70. The third-order valence-corrected chi connectivity index (χ3v) is 3.81. The van der Waals surface area contributed by atoms with Gasteiger partial charge in [-0.3, -0.25) is 0 Å². The Kier molecular flexibility index (Phi) is 5.33. The molecule has 0 bridgehead atoms. The average Bonchev–Trinajstić information content (AvgIpc) is 2.26. The maximum atomic E-state index is 11.0. The van der Waals surface area contributed by atoms with Crippen molar-refractivity contribution in [1.82, 2.24) is 0 Å². The number of hydrogen-bond donors (Lipinski definition) is 0. The molecule has 2 aromatic carbocycles. The monoisotopic (exact) mass is 274 g/mol. The van der Waals surface area contributed by atoms with Gasteiger partial charge in [0.1, 0.15) is 10.1 Å². The van der Waals surface area contributed by atoms with Gasteiger partial charge in [-0.15, -0.1) is 0 Å². The van der Waals surface area contributed by atoms with Crippen LogP contribution in [0.3, 0.4) is 0 Å². The molecule has 2 rings (SSSR count). The number of hydrogen-bond acceptors (Lipinski definition) is 3. The van der Waals surface area contributed by atoms with Crippen LogP contribution in [0.1, 0.15) is 17.7 Å². The third kappa shape index (κ3) is 3.38. The Morgan fingerprint density at radius 1 is 1.06 bits per heavy atom. The first-order chi connectivity index (χ1) is 7.50. The summed E-state index contributed by atoms with van der Waals surface area (Å²) < 4.78 is 33.1. The van der Waals surface area contributed by atoms with Gasteiger partial charge < -0.3 is 4.55 Å². The average molecular weight is 274 g/mol. The molecule has 0 aliphatic heterocycles. The van der Waals surface area contributed by atoms with Crippen LogP contribution >= 0.6 is 0 Å². The maximum Gasteiger partial charge on any atom is 1.00 e. The van der Waals surface area contributed by atoms with Gasteiger partial charge in [0, 0.05) is 0 Å². The van der Waals surface area contributed by atoms with E-state index in [-0.39, 0.29) is 51.4 Å². The molecule has 0 amide bonds. The molecular formula is C12H11KO3S. The van der Waals surface area contributed by atoms with Gasteiger partial charge in [-0.05, 0) is 23.3 Å². The molecular weight excluding hydrogens is 263 g/mol. The van der Waals surface area contributed by atoms with Gasteiger partial charge in [0.25, 0.3) is 0 Å². The van der Waals surface area contributed by atoms with Gasteiger partial charge in [0.15, 0.2) is 0 Å². The molecule has 0 N–H and O–H groups in total. The van der Waals surface area contributed by atoms with E-state index in [0.29, 0.717) is 5.56 Å². The molecule has 17 heavy (non-hydrogen) atoms. The van der Waals surface area contributed by atoms with Crippen LogP contribution in [0, 0.1) is 0 Å². The van der Waals surface area contributed by atoms with E-state index in [1.807, 2.05) is 30.3 Å². The van der Waals surface area contributed by atoms with Crippen LogP contribution in [0.2, 0.25) is 0 Å². The second kappa shape index (κ2) is 5.93. The van der Waals surface area contributed by atoms with Crippen LogP contribution in [-0.4, -0.2) is 13.0 Å². The third-order valence-electron chi connectivity index (χ3n) is 2.69. The minimum atomic E-state index is -4.30. The predicted molar refractivity (Wildman–Crippen MR) is 62.1 cm³/mol. The van der Waals surface area contributed by atoms with E-state index in [4.69, 9.17) is 0 Å². The molecule has 0 spiro atoms. The fourth-order valence-electron chi connectivity index (χ4n) is 1.76. The molecule has 0 heterocycles. The van der Waals surface area contributed by atoms with Gasteiger partial charge in [-0.2, -0.15) is 0 Å². The van der Waals surface area contributed by atoms with Crippen LogP contribution in [0.15, 0.2) is 42.5 Å². The molecule has 0 unspecified atom stereocenters. The van der Waals surface area contributed by atoms with Crippen LogP contribution < -0.4 is 51.4 Å². The fourth-order valence-corrected chi connectivity index (χ4v) is 2.28. The molecule has 0 saturated carbocycles. The summed E-state index contributed by atoms with van der Waals surface area (Å²) in [5.74, 6) is 0. The van der Waals surface area contributed by atoms with Gasteiger partial charge in [0.05, 0.1) is 5.25 Å². The summed E-state index contributed by atoms with van der Waals surface area (Å²) >= 11 is 0. The first kappa shape index (κ1) is 15.3. The Labute approximate surface area is 143 Å². The predicted octanol–water partition coefficient (Wildman–Crippen LogP) is -0.550. The Bertz CT molecular complexity index is 617. The number of benzene rings is 2. The molecule has 0 aromatic heterocycles. The number of fused-ring (bicyclic) bond motifs is 1. The summed E-state index contributed by atoms with van der Waals surface area (Å²) in [4.78, 5) is 0. The Balaban J connectivity index is 0.00000144. The van der Waals surface area contributed by atoms with Crippen LogP contribution in [0.5, 0.6) is 0 Å². The Morgan fingerprint density at radius 3 is 2.29 bits per heavy atom. The largest absolute Gasteiger partial charge is 1.00 e.